The Bertz CT molecular complexity index is 1260. The molecule has 9 nitrogen and oxygen atoms in total. The molecule has 3 aliphatic rings. The first kappa shape index (κ1) is 29.4. The summed E-state index contributed by atoms with van der Waals surface area (Å²) in [6.45, 7) is 3.42. The molecular formula is C26H29F5N4O5. The summed E-state index contributed by atoms with van der Waals surface area (Å²) in [6.07, 6.45) is -0.0294. The predicted molar refractivity (Wildman–Crippen MR) is 129 cm³/mol. The molecule has 3 fully saturated rings. The van der Waals surface area contributed by atoms with Crippen molar-refractivity contribution in [3.05, 3.63) is 29.1 Å². The van der Waals surface area contributed by atoms with E-state index in [0.29, 0.717) is 13.0 Å². The normalized spacial score (nSPS) is 25.2. The molecule has 14 heteroatoms. The monoisotopic (exact) mass is 572 g/mol. The molecule has 4 rings (SSSR count). The second kappa shape index (κ2) is 10.8. The molecule has 0 unspecified atom stereocenters. The Balaban J connectivity index is 1.53. The number of nitrogens with zero attached hydrogens (tertiary/aromatic N) is 1. The summed E-state index contributed by atoms with van der Waals surface area (Å²) in [4.78, 5) is 64.9. The number of hydrogen-bond donors (Lipinski definition) is 3. The van der Waals surface area contributed by atoms with E-state index in [9.17, 15) is 45.9 Å². The van der Waals surface area contributed by atoms with E-state index < -0.39 is 89.0 Å². The minimum atomic E-state index is -2.34. The maximum atomic E-state index is 14.1. The van der Waals surface area contributed by atoms with Gasteiger partial charge in [0.15, 0.2) is 29.1 Å². The zero-order valence-electron chi connectivity index (χ0n) is 22.0. The minimum absolute atomic E-state index is 0.0379. The lowest BCUT2D eigenvalue weighted by Gasteiger charge is -2.31. The van der Waals surface area contributed by atoms with Crippen LogP contribution in [-0.4, -0.2) is 66.9 Å². The van der Waals surface area contributed by atoms with Crippen LogP contribution >= 0.6 is 0 Å². The molecule has 3 N–H and O–H groups in total. The van der Waals surface area contributed by atoms with Crippen LogP contribution in [0.25, 0.3) is 0 Å². The molecule has 40 heavy (non-hydrogen) atoms. The van der Waals surface area contributed by atoms with E-state index in [4.69, 9.17) is 0 Å². The van der Waals surface area contributed by atoms with E-state index in [1.807, 2.05) is 19.2 Å². The lowest BCUT2D eigenvalue weighted by molar-refractivity contribution is -0.143. The SMILES string of the molecule is CNC(=O)C(=O)[C@@H](CC(=O)[C@@H]1[C@@H]2[C@H](CN1C(=O)CNc1c(F)c(F)c(F)c(F)c1F)C2(C)C)C[C@@H]1CCNC1=O. The molecule has 0 bridgehead atoms. The first-order valence-electron chi connectivity index (χ1n) is 12.8. The number of carbonyl (C=O) groups is 5. The van der Waals surface area contributed by atoms with Crippen molar-refractivity contribution in [1.82, 2.24) is 15.5 Å². The third-order valence-electron chi connectivity index (χ3n) is 8.49. The third kappa shape index (κ3) is 5.03. The van der Waals surface area contributed by atoms with Gasteiger partial charge in [-0.3, -0.25) is 24.0 Å². The highest BCUT2D eigenvalue weighted by Gasteiger charge is 2.69. The van der Waals surface area contributed by atoms with Crippen LogP contribution in [-0.2, 0) is 24.0 Å². The Morgan fingerprint density at radius 2 is 1.62 bits per heavy atom. The highest BCUT2D eigenvalue weighted by atomic mass is 19.2. The Hall–Kier alpha value is -3.58. The number of rotatable bonds is 10. The van der Waals surface area contributed by atoms with E-state index in [-0.39, 0.29) is 36.1 Å². The summed E-state index contributed by atoms with van der Waals surface area (Å²) in [5, 5.41) is 6.82. The average molecular weight is 573 g/mol. The number of hydrogen-bond acceptors (Lipinski definition) is 6. The molecule has 5 atom stereocenters. The van der Waals surface area contributed by atoms with E-state index >= 15 is 0 Å². The van der Waals surface area contributed by atoms with Crippen LogP contribution in [0, 0.1) is 58.2 Å². The van der Waals surface area contributed by atoms with Gasteiger partial charge in [0.25, 0.3) is 5.91 Å². The number of likely N-dealkylation sites (tertiary alicyclic amines) is 1. The van der Waals surface area contributed by atoms with Crippen molar-refractivity contribution < 1.29 is 45.9 Å². The third-order valence-corrected chi connectivity index (χ3v) is 8.49. The first-order chi connectivity index (χ1) is 18.7. The van der Waals surface area contributed by atoms with Crippen LogP contribution in [0.15, 0.2) is 0 Å². The Kier molecular flexibility index (Phi) is 7.92. The number of amides is 3. The maximum absolute atomic E-state index is 14.1. The van der Waals surface area contributed by atoms with Gasteiger partial charge in [-0.1, -0.05) is 13.8 Å². The minimum Gasteiger partial charge on any atom is -0.371 e. The molecule has 218 valence electrons. The topological polar surface area (TPSA) is 125 Å². The molecule has 0 radical (unpaired) electrons. The summed E-state index contributed by atoms with van der Waals surface area (Å²) >= 11 is 0. The van der Waals surface area contributed by atoms with Gasteiger partial charge in [-0.05, 0) is 30.1 Å². The molecule has 0 aromatic heterocycles. The van der Waals surface area contributed by atoms with Gasteiger partial charge in [0.1, 0.15) is 5.69 Å². The predicted octanol–water partition coefficient (Wildman–Crippen LogP) is 1.69. The molecule has 1 aromatic carbocycles. The molecule has 2 saturated heterocycles. The van der Waals surface area contributed by atoms with Crippen molar-refractivity contribution in [2.75, 3.05) is 32.0 Å². The number of halogens is 5. The number of likely N-dealkylation sites (N-methyl/N-ethyl adjacent to an activating group) is 1. The summed E-state index contributed by atoms with van der Waals surface area (Å²) in [6, 6.07) is -1.04. The fourth-order valence-corrected chi connectivity index (χ4v) is 6.11. The van der Waals surface area contributed by atoms with Crippen LogP contribution in [0.4, 0.5) is 27.6 Å². The smallest absolute Gasteiger partial charge is 0.287 e. The zero-order valence-corrected chi connectivity index (χ0v) is 22.0. The fourth-order valence-electron chi connectivity index (χ4n) is 6.11. The van der Waals surface area contributed by atoms with Gasteiger partial charge in [0.05, 0.1) is 12.6 Å². The van der Waals surface area contributed by atoms with Gasteiger partial charge in [-0.15, -0.1) is 0 Å². The van der Waals surface area contributed by atoms with Crippen LogP contribution in [0.1, 0.15) is 33.1 Å². The second-order valence-electron chi connectivity index (χ2n) is 11.1. The summed E-state index contributed by atoms with van der Waals surface area (Å²) in [7, 11) is 1.26. The summed E-state index contributed by atoms with van der Waals surface area (Å²) in [5.41, 5.74) is -1.71. The van der Waals surface area contributed by atoms with Crippen LogP contribution in [0.3, 0.4) is 0 Å². The Morgan fingerprint density at radius 1 is 1.02 bits per heavy atom. The van der Waals surface area contributed by atoms with Crippen molar-refractivity contribution >= 4 is 35.0 Å². The van der Waals surface area contributed by atoms with Gasteiger partial charge in [0.2, 0.25) is 23.4 Å². The lowest BCUT2D eigenvalue weighted by Crippen LogP contribution is -2.48. The van der Waals surface area contributed by atoms with Crippen molar-refractivity contribution in [2.45, 2.75) is 39.2 Å². The molecule has 1 aliphatic carbocycles. The quantitative estimate of drug-likeness (QED) is 0.170. The highest BCUT2D eigenvalue weighted by Crippen LogP contribution is 2.65. The van der Waals surface area contributed by atoms with Crippen LogP contribution in [0.5, 0.6) is 0 Å². The zero-order chi connectivity index (χ0) is 29.7. The van der Waals surface area contributed by atoms with Crippen molar-refractivity contribution in [1.29, 1.82) is 0 Å². The molecule has 3 amide bonds. The molecule has 2 heterocycles. The number of nitrogens with one attached hydrogen (secondary N) is 3. The molecule has 1 aromatic rings. The van der Waals surface area contributed by atoms with Crippen LogP contribution in [0.2, 0.25) is 0 Å². The van der Waals surface area contributed by atoms with Crippen molar-refractivity contribution in [2.24, 2.45) is 29.1 Å². The molecule has 0 spiro atoms. The second-order valence-corrected chi connectivity index (χ2v) is 11.1. The van der Waals surface area contributed by atoms with E-state index in [1.54, 1.807) is 0 Å². The van der Waals surface area contributed by atoms with Gasteiger partial charge in [-0.25, -0.2) is 22.0 Å². The van der Waals surface area contributed by atoms with Crippen LogP contribution < -0.4 is 16.0 Å². The molecular weight excluding hydrogens is 543 g/mol. The Morgan fingerprint density at radius 3 is 2.17 bits per heavy atom. The van der Waals surface area contributed by atoms with E-state index in [1.165, 1.54) is 11.9 Å². The van der Waals surface area contributed by atoms with Gasteiger partial charge in [0, 0.05) is 38.4 Å². The molecule has 1 saturated carbocycles. The number of anilines is 1. The maximum Gasteiger partial charge on any atom is 0.287 e. The number of ketones is 2. The van der Waals surface area contributed by atoms with Gasteiger partial charge in [-0.2, -0.15) is 0 Å². The number of carbonyl (C=O) groups excluding carboxylic acids is 5. The largest absolute Gasteiger partial charge is 0.371 e. The number of benzene rings is 1. The van der Waals surface area contributed by atoms with Crippen molar-refractivity contribution in [3.8, 4) is 0 Å². The number of fused-ring (bicyclic) bond motifs is 1. The number of Topliss-reactive ketones (excluding diaryl/α,β-unsaturated/α-hetero) is 2. The highest BCUT2D eigenvalue weighted by molar-refractivity contribution is 6.37. The summed E-state index contributed by atoms with van der Waals surface area (Å²) < 4.78 is 68.6. The first-order valence-corrected chi connectivity index (χ1v) is 12.8. The average Bonchev–Trinajstić information content (AvgIpc) is 3.27. The lowest BCUT2D eigenvalue weighted by atomic mass is 9.84. The standard InChI is InChI=1S/C26H29F5N4O5/c1-26(2)12-9-35(14(37)8-34-21-19(30)17(28)16(27)18(29)20(21)31)22(15(12)26)13(36)7-11(23(38)25(40)32-3)6-10-4-5-33-24(10)39/h10-12,15,22,34H,4-9H2,1-3H3,(H,32,40)(H,33,39)/t10-,11+,12-,15-,22+/m0/s1. The van der Waals surface area contributed by atoms with E-state index in [2.05, 4.69) is 10.6 Å². The van der Waals surface area contributed by atoms with Gasteiger partial charge >= 0.3 is 0 Å². The van der Waals surface area contributed by atoms with E-state index in [0.717, 1.165) is 0 Å². The summed E-state index contributed by atoms with van der Waals surface area (Å²) in [5.74, 6) is -16.5. The fraction of sp³-hybridized carbons (Fsp3) is 0.577. The van der Waals surface area contributed by atoms with Crippen molar-refractivity contribution in [3.63, 3.8) is 0 Å². The number of piperidine rings is 1. The molecule has 2 aliphatic heterocycles. The Labute approximate surface area is 226 Å². The van der Waals surface area contributed by atoms with Gasteiger partial charge < -0.3 is 20.9 Å².